The van der Waals surface area contributed by atoms with E-state index in [1.807, 2.05) is 6.92 Å². The maximum atomic E-state index is 12.6. The fraction of sp³-hybridized carbons (Fsp3) is 0.733. The predicted octanol–water partition coefficient (Wildman–Crippen LogP) is 1.73. The highest BCUT2D eigenvalue weighted by Gasteiger charge is 2.33. The lowest BCUT2D eigenvalue weighted by Gasteiger charge is -2.31. The largest absolute Gasteiger partial charge is 0.337 e. The van der Waals surface area contributed by atoms with Gasteiger partial charge < -0.3 is 10.2 Å². The summed E-state index contributed by atoms with van der Waals surface area (Å²) in [7, 11) is 0. The summed E-state index contributed by atoms with van der Waals surface area (Å²) in [6, 6.07) is 0. The Morgan fingerprint density at radius 3 is 2.70 bits per heavy atom. The van der Waals surface area contributed by atoms with Crippen molar-refractivity contribution in [2.75, 3.05) is 26.2 Å². The molecule has 0 saturated carbocycles. The van der Waals surface area contributed by atoms with E-state index in [9.17, 15) is 14.9 Å². The third-order valence-corrected chi connectivity index (χ3v) is 4.28. The van der Waals surface area contributed by atoms with Gasteiger partial charge in [0.1, 0.15) is 5.69 Å². The lowest BCUT2D eigenvalue weighted by atomic mass is 9.96. The van der Waals surface area contributed by atoms with Crippen LogP contribution < -0.4 is 5.32 Å². The molecule has 1 aliphatic heterocycles. The number of nitro groups is 1. The van der Waals surface area contributed by atoms with Crippen LogP contribution >= 0.6 is 0 Å². The molecule has 1 aliphatic rings. The Morgan fingerprint density at radius 2 is 2.13 bits per heavy atom. The van der Waals surface area contributed by atoms with Crippen molar-refractivity contribution >= 4 is 11.6 Å². The molecule has 8 heteroatoms. The van der Waals surface area contributed by atoms with Crippen LogP contribution in [-0.2, 0) is 6.42 Å². The average molecular weight is 323 g/mol. The first kappa shape index (κ1) is 17.4. The molecule has 128 valence electrons. The Morgan fingerprint density at radius 1 is 1.43 bits per heavy atom. The first-order valence-corrected chi connectivity index (χ1v) is 8.30. The van der Waals surface area contributed by atoms with E-state index in [0.29, 0.717) is 31.1 Å². The normalized spacial score (nSPS) is 15.8. The number of rotatable bonds is 7. The van der Waals surface area contributed by atoms with Gasteiger partial charge in [0.05, 0.1) is 4.92 Å². The zero-order valence-electron chi connectivity index (χ0n) is 13.8. The number of nitrogens with zero attached hydrogens (tertiary/aromatic N) is 3. The van der Waals surface area contributed by atoms with Crippen LogP contribution in [0.3, 0.4) is 0 Å². The number of H-pyrrole nitrogens is 1. The van der Waals surface area contributed by atoms with Crippen molar-refractivity contribution in [2.45, 2.75) is 39.5 Å². The second-order valence-corrected chi connectivity index (χ2v) is 5.95. The molecule has 0 bridgehead atoms. The van der Waals surface area contributed by atoms with Crippen LogP contribution in [0, 0.1) is 16.0 Å². The summed E-state index contributed by atoms with van der Waals surface area (Å²) < 4.78 is 0. The molecule has 2 heterocycles. The molecule has 0 spiro atoms. The van der Waals surface area contributed by atoms with Gasteiger partial charge in [0.2, 0.25) is 5.69 Å². The second kappa shape index (κ2) is 8.05. The number of hydrogen-bond donors (Lipinski definition) is 2. The Labute approximate surface area is 135 Å². The first-order chi connectivity index (χ1) is 11.1. The summed E-state index contributed by atoms with van der Waals surface area (Å²) in [6.45, 7) is 7.16. The smallest absolute Gasteiger partial charge is 0.322 e. The predicted molar refractivity (Wildman–Crippen MR) is 86.4 cm³/mol. The van der Waals surface area contributed by atoms with Crippen molar-refractivity contribution in [3.8, 4) is 0 Å². The maximum absolute atomic E-state index is 12.6. The summed E-state index contributed by atoms with van der Waals surface area (Å²) >= 11 is 0. The van der Waals surface area contributed by atoms with Crippen molar-refractivity contribution in [2.24, 2.45) is 5.92 Å². The van der Waals surface area contributed by atoms with Gasteiger partial charge in [0.25, 0.3) is 5.91 Å². The topological polar surface area (TPSA) is 104 Å². The van der Waals surface area contributed by atoms with Crippen molar-refractivity contribution in [3.63, 3.8) is 0 Å². The van der Waals surface area contributed by atoms with Crippen LogP contribution in [0.15, 0.2) is 0 Å². The number of likely N-dealkylation sites (tertiary alicyclic amines) is 1. The number of aromatic nitrogens is 2. The molecule has 0 aromatic carbocycles. The zero-order valence-corrected chi connectivity index (χ0v) is 13.8. The molecule has 1 amide bonds. The number of carbonyl (C=O) groups is 1. The monoisotopic (exact) mass is 323 g/mol. The van der Waals surface area contributed by atoms with Gasteiger partial charge in [-0.25, -0.2) is 0 Å². The number of amides is 1. The quantitative estimate of drug-likeness (QED) is 0.587. The van der Waals surface area contributed by atoms with E-state index < -0.39 is 4.92 Å². The minimum atomic E-state index is -0.500. The van der Waals surface area contributed by atoms with E-state index in [-0.39, 0.29) is 17.3 Å². The molecule has 1 fully saturated rings. The number of aromatic amines is 1. The molecule has 0 aliphatic carbocycles. The third kappa shape index (κ3) is 4.07. The van der Waals surface area contributed by atoms with E-state index in [2.05, 4.69) is 22.4 Å². The minimum absolute atomic E-state index is 0.0522. The van der Waals surface area contributed by atoms with Crippen LogP contribution in [0.4, 0.5) is 5.69 Å². The molecule has 0 atom stereocenters. The SMILES string of the molecule is CCCc1[nH]nc(C(=O)N2CCC(CNCC)CC2)c1[N+](=O)[O-]. The van der Waals surface area contributed by atoms with Crippen LogP contribution in [-0.4, -0.2) is 52.1 Å². The summed E-state index contributed by atoms with van der Waals surface area (Å²) in [5.74, 6) is 0.223. The Kier molecular flexibility index (Phi) is 6.09. The highest BCUT2D eigenvalue weighted by atomic mass is 16.6. The molecule has 2 rings (SSSR count). The molecule has 8 nitrogen and oxygen atoms in total. The molecule has 0 radical (unpaired) electrons. The van der Waals surface area contributed by atoms with Crippen molar-refractivity contribution in [1.29, 1.82) is 0 Å². The average Bonchev–Trinajstić information content (AvgIpc) is 2.97. The fourth-order valence-corrected chi connectivity index (χ4v) is 2.98. The van der Waals surface area contributed by atoms with Gasteiger partial charge in [-0.05, 0) is 38.3 Å². The Balaban J connectivity index is 2.05. The minimum Gasteiger partial charge on any atom is -0.337 e. The number of aryl methyl sites for hydroxylation is 1. The maximum Gasteiger partial charge on any atom is 0.322 e. The Hall–Kier alpha value is -1.96. The van der Waals surface area contributed by atoms with E-state index >= 15 is 0 Å². The number of piperidine rings is 1. The standard InChI is InChI=1S/C15H25N5O3/c1-3-5-12-14(20(22)23)13(18-17-12)15(21)19-8-6-11(7-9-19)10-16-4-2/h11,16H,3-10H2,1-2H3,(H,17,18). The molecular weight excluding hydrogens is 298 g/mol. The molecule has 0 unspecified atom stereocenters. The summed E-state index contributed by atoms with van der Waals surface area (Å²) in [6.07, 6.45) is 3.10. The van der Waals surface area contributed by atoms with Crippen molar-refractivity contribution < 1.29 is 9.72 Å². The fourth-order valence-electron chi connectivity index (χ4n) is 2.98. The van der Waals surface area contributed by atoms with E-state index in [1.54, 1.807) is 4.90 Å². The van der Waals surface area contributed by atoms with Crippen molar-refractivity contribution in [3.05, 3.63) is 21.5 Å². The van der Waals surface area contributed by atoms with Crippen molar-refractivity contribution in [1.82, 2.24) is 20.4 Å². The Bertz CT molecular complexity index is 549. The van der Waals surface area contributed by atoms with E-state index in [1.165, 1.54) is 0 Å². The van der Waals surface area contributed by atoms with E-state index in [4.69, 9.17) is 0 Å². The van der Waals surface area contributed by atoms with E-state index in [0.717, 1.165) is 32.4 Å². The van der Waals surface area contributed by atoms with Gasteiger partial charge in [-0.2, -0.15) is 5.10 Å². The molecule has 23 heavy (non-hydrogen) atoms. The number of nitrogens with one attached hydrogen (secondary N) is 2. The number of carbonyl (C=O) groups excluding carboxylic acids is 1. The second-order valence-electron chi connectivity index (χ2n) is 5.95. The van der Waals surface area contributed by atoms with Crippen LogP contribution in [0.2, 0.25) is 0 Å². The molecule has 1 saturated heterocycles. The lowest BCUT2D eigenvalue weighted by molar-refractivity contribution is -0.385. The molecular formula is C15H25N5O3. The highest BCUT2D eigenvalue weighted by molar-refractivity contribution is 5.96. The summed E-state index contributed by atoms with van der Waals surface area (Å²) in [5, 5.41) is 21.2. The molecule has 1 aromatic heterocycles. The van der Waals surface area contributed by atoms with Gasteiger partial charge >= 0.3 is 5.69 Å². The summed E-state index contributed by atoms with van der Waals surface area (Å²) in [5.41, 5.74) is 0.220. The lowest BCUT2D eigenvalue weighted by Crippen LogP contribution is -2.41. The zero-order chi connectivity index (χ0) is 16.8. The van der Waals surface area contributed by atoms with Gasteiger partial charge in [0, 0.05) is 13.1 Å². The third-order valence-electron chi connectivity index (χ3n) is 4.28. The van der Waals surface area contributed by atoms with Crippen LogP contribution in [0.5, 0.6) is 0 Å². The van der Waals surface area contributed by atoms with Gasteiger partial charge in [-0.3, -0.25) is 20.0 Å². The van der Waals surface area contributed by atoms with Crippen LogP contribution in [0.1, 0.15) is 49.3 Å². The van der Waals surface area contributed by atoms with Gasteiger partial charge in [0.15, 0.2) is 0 Å². The highest BCUT2D eigenvalue weighted by Crippen LogP contribution is 2.25. The summed E-state index contributed by atoms with van der Waals surface area (Å²) in [4.78, 5) is 25.1. The van der Waals surface area contributed by atoms with Gasteiger partial charge in [-0.1, -0.05) is 20.3 Å². The number of hydrogen-bond acceptors (Lipinski definition) is 5. The van der Waals surface area contributed by atoms with Gasteiger partial charge in [-0.15, -0.1) is 0 Å². The van der Waals surface area contributed by atoms with Crippen LogP contribution in [0.25, 0.3) is 0 Å². The molecule has 1 aromatic rings. The molecule has 2 N–H and O–H groups in total. The first-order valence-electron chi connectivity index (χ1n) is 8.30.